The Labute approximate surface area is 406 Å². The number of methoxy groups -OCH3 is 2. The van der Waals surface area contributed by atoms with Crippen molar-refractivity contribution in [1.82, 2.24) is 24.8 Å². The molecule has 9 rings (SSSR count). The third-order valence-electron chi connectivity index (χ3n) is 13.8. The number of pyridine rings is 1. The first-order chi connectivity index (χ1) is 33.4. The van der Waals surface area contributed by atoms with Crippen molar-refractivity contribution in [2.45, 2.75) is 109 Å². The highest BCUT2D eigenvalue weighted by molar-refractivity contribution is 5.98. The van der Waals surface area contributed by atoms with E-state index in [9.17, 15) is 4.79 Å². The number of piperazine rings is 1. The third-order valence-corrected chi connectivity index (χ3v) is 13.8. The maximum absolute atomic E-state index is 18.0. The highest BCUT2D eigenvalue weighted by Crippen LogP contribution is 2.61. The summed E-state index contributed by atoms with van der Waals surface area (Å²) in [6, 6.07) is 12.5. The Balaban J connectivity index is 1.23. The number of carbonyl (C=O) groups excluding carboxylic acids is 1. The number of rotatable bonds is 13. The second-order valence-corrected chi connectivity index (χ2v) is 20.3. The molecule has 0 radical (unpaired) electrons. The van der Waals surface area contributed by atoms with Gasteiger partial charge in [0.1, 0.15) is 58.0 Å². The van der Waals surface area contributed by atoms with Crippen LogP contribution in [0.2, 0.25) is 0 Å². The first-order valence-corrected chi connectivity index (χ1v) is 23.3. The molecule has 3 fully saturated rings. The highest BCUT2D eigenvalue weighted by Gasteiger charge is 2.71. The van der Waals surface area contributed by atoms with Gasteiger partial charge in [0.05, 0.1) is 49.0 Å². The van der Waals surface area contributed by atoms with E-state index in [0.717, 1.165) is 13.0 Å². The maximum Gasteiger partial charge on any atom is 0.417 e. The van der Waals surface area contributed by atoms with E-state index in [1.54, 1.807) is 100 Å². The summed E-state index contributed by atoms with van der Waals surface area (Å²) in [5.41, 5.74) is -5.98. The lowest BCUT2D eigenvalue weighted by atomic mass is 9.95. The van der Waals surface area contributed by atoms with Crippen molar-refractivity contribution < 1.29 is 59.2 Å². The Kier molecular flexibility index (Phi) is 12.6. The van der Waals surface area contributed by atoms with Gasteiger partial charge in [-0.15, -0.1) is 0 Å². The number of hydrogen-bond acceptors (Lipinski definition) is 12. The summed E-state index contributed by atoms with van der Waals surface area (Å²) in [6.45, 7) is 7.43. The van der Waals surface area contributed by atoms with Gasteiger partial charge in [0, 0.05) is 38.2 Å². The first kappa shape index (κ1) is 49.7. The van der Waals surface area contributed by atoms with Crippen LogP contribution in [0.4, 0.5) is 47.0 Å². The molecule has 20 heteroatoms. The third kappa shape index (κ3) is 9.27. The number of fused-ring (bicyclic) bond motifs is 5. The van der Waals surface area contributed by atoms with E-state index in [-0.39, 0.29) is 49.0 Å². The SMILES string of the molecule is COc1ccc(CN(Cc2ccc(OC)cc2)c2cc(-c3nc4c5c(nc(OCC6(CN(C)C)CC6(F)F)nc5c3F)N3C[C@H]5CC[C@@H]([C@H]3[C@H](C)O4)N5C(=O)OC(C)(C)C)c(C(F)(F)F)c(C)c2F)cc1. The molecule has 4 aliphatic rings. The van der Waals surface area contributed by atoms with Crippen LogP contribution in [0.25, 0.3) is 22.2 Å². The van der Waals surface area contributed by atoms with Gasteiger partial charge in [-0.05, 0) is 109 Å². The zero-order chi connectivity index (χ0) is 51.1. The topological polar surface area (TPSA) is 115 Å². The number of benzene rings is 3. The minimum absolute atomic E-state index is 0.0119. The van der Waals surface area contributed by atoms with Crippen molar-refractivity contribution in [3.05, 3.63) is 88.5 Å². The van der Waals surface area contributed by atoms with E-state index in [0.29, 0.717) is 35.5 Å². The summed E-state index contributed by atoms with van der Waals surface area (Å²) in [6.07, 6.45) is -6.07. The molecule has 71 heavy (non-hydrogen) atoms. The predicted octanol–water partition coefficient (Wildman–Crippen LogP) is 10.2. The van der Waals surface area contributed by atoms with Crippen LogP contribution >= 0.6 is 0 Å². The molecule has 1 saturated carbocycles. The van der Waals surface area contributed by atoms with Gasteiger partial charge in [0.15, 0.2) is 5.82 Å². The second-order valence-electron chi connectivity index (χ2n) is 20.3. The van der Waals surface area contributed by atoms with Gasteiger partial charge in [0.25, 0.3) is 5.92 Å². The summed E-state index contributed by atoms with van der Waals surface area (Å²) < 4.78 is 141. The lowest BCUT2D eigenvalue weighted by molar-refractivity contribution is -0.137. The van der Waals surface area contributed by atoms with E-state index in [4.69, 9.17) is 28.7 Å². The molecule has 5 heterocycles. The fraction of sp³-hybridized carbons (Fsp3) is 0.490. The number of hydrogen-bond donors (Lipinski definition) is 0. The van der Waals surface area contributed by atoms with Crippen LogP contribution in [-0.4, -0.2) is 115 Å². The Morgan fingerprint density at radius 3 is 2.04 bits per heavy atom. The average Bonchev–Trinajstić information content (AvgIpc) is 3.73. The molecule has 380 valence electrons. The van der Waals surface area contributed by atoms with Gasteiger partial charge in [-0.2, -0.15) is 23.1 Å². The molecule has 3 aliphatic heterocycles. The summed E-state index contributed by atoms with van der Waals surface area (Å²) in [4.78, 5) is 34.1. The van der Waals surface area contributed by atoms with Crippen LogP contribution in [0, 0.1) is 24.0 Å². The van der Waals surface area contributed by atoms with Crippen molar-refractivity contribution in [3.8, 4) is 34.6 Å². The van der Waals surface area contributed by atoms with Crippen molar-refractivity contribution in [3.63, 3.8) is 0 Å². The van der Waals surface area contributed by atoms with Crippen LogP contribution in [0.5, 0.6) is 23.4 Å². The molecule has 1 amide bonds. The summed E-state index contributed by atoms with van der Waals surface area (Å²) >= 11 is 0. The number of ether oxygens (including phenoxy) is 5. The molecule has 2 saturated heterocycles. The quantitative estimate of drug-likeness (QED) is 0.105. The summed E-state index contributed by atoms with van der Waals surface area (Å²) in [7, 11) is 6.29. The standard InChI is InChI=1S/C51H56F7N7O6/c1-27-38(51(56,57)58)34(20-36(39(27)52)63(21-29-10-15-32(67-8)16-11-29)22-30-12-17-33(68-9)18-13-30)41-40(53)42-37-44(61-46(60-42)69-26-49(25-62(6)7)24-50(49,54)55)64-23-31-14-19-35(43(64)28(2)70-45(37)59-41)65(31)47(66)71-48(3,4)5/h10-13,15-18,20,28,31,35,43H,14,19,21-26H2,1-9H3/t28-,31+,35-,43+,49?/m0/s1. The maximum atomic E-state index is 18.0. The van der Waals surface area contributed by atoms with Gasteiger partial charge >= 0.3 is 18.3 Å². The molecule has 5 aromatic rings. The fourth-order valence-corrected chi connectivity index (χ4v) is 10.5. The molecular weight excluding hydrogens is 940 g/mol. The van der Waals surface area contributed by atoms with Gasteiger partial charge in [-0.1, -0.05) is 24.3 Å². The predicted molar refractivity (Wildman–Crippen MR) is 250 cm³/mol. The monoisotopic (exact) mass is 995 g/mol. The minimum atomic E-state index is -5.24. The van der Waals surface area contributed by atoms with Crippen LogP contribution in [0.3, 0.4) is 0 Å². The lowest BCUT2D eigenvalue weighted by Crippen LogP contribution is -2.65. The van der Waals surface area contributed by atoms with Crippen molar-refractivity contribution in [2.24, 2.45) is 5.41 Å². The van der Waals surface area contributed by atoms with Crippen molar-refractivity contribution in [2.75, 3.05) is 57.8 Å². The number of anilines is 2. The Morgan fingerprint density at radius 1 is 0.901 bits per heavy atom. The molecule has 2 bridgehead atoms. The molecule has 0 N–H and O–H groups in total. The summed E-state index contributed by atoms with van der Waals surface area (Å²) in [5, 5.41) is -0.105. The molecule has 2 aromatic heterocycles. The van der Waals surface area contributed by atoms with Crippen molar-refractivity contribution in [1.29, 1.82) is 0 Å². The number of amides is 1. The van der Waals surface area contributed by atoms with E-state index in [1.807, 2.05) is 4.90 Å². The van der Waals surface area contributed by atoms with E-state index < -0.39 is 112 Å². The Hall–Kier alpha value is -6.31. The molecule has 1 aliphatic carbocycles. The van der Waals surface area contributed by atoms with Gasteiger partial charge in [-0.3, -0.25) is 4.90 Å². The molecule has 0 spiro atoms. The van der Waals surface area contributed by atoms with E-state index in [2.05, 4.69) is 9.97 Å². The van der Waals surface area contributed by atoms with Gasteiger partial charge in [-0.25, -0.2) is 27.3 Å². The average molecular weight is 996 g/mol. The molecule has 3 aromatic carbocycles. The normalized spacial score (nSPS) is 22.2. The van der Waals surface area contributed by atoms with Gasteiger partial charge < -0.3 is 38.4 Å². The number of carbonyl (C=O) groups is 1. The number of alkyl halides is 5. The van der Waals surface area contributed by atoms with E-state index >= 15 is 30.7 Å². The molecule has 1 unspecified atom stereocenters. The van der Waals surface area contributed by atoms with Crippen LogP contribution in [0.1, 0.15) is 69.2 Å². The van der Waals surface area contributed by atoms with Crippen LogP contribution in [0.15, 0.2) is 54.6 Å². The zero-order valence-corrected chi connectivity index (χ0v) is 40.9. The first-order valence-electron chi connectivity index (χ1n) is 23.3. The van der Waals surface area contributed by atoms with Gasteiger partial charge in [0.2, 0.25) is 5.88 Å². The molecule has 5 atom stereocenters. The van der Waals surface area contributed by atoms with Crippen molar-refractivity contribution >= 4 is 28.5 Å². The fourth-order valence-electron chi connectivity index (χ4n) is 10.5. The number of aromatic nitrogens is 3. The zero-order valence-electron chi connectivity index (χ0n) is 40.9. The molecule has 13 nitrogen and oxygen atoms in total. The Morgan fingerprint density at radius 2 is 1.51 bits per heavy atom. The largest absolute Gasteiger partial charge is 0.497 e. The van der Waals surface area contributed by atoms with Crippen LogP contribution in [-0.2, 0) is 24.0 Å². The molecular formula is C51H56F7N7O6. The lowest BCUT2D eigenvalue weighted by Gasteiger charge is -2.48. The number of halogens is 7. The Bertz CT molecular complexity index is 2800. The summed E-state index contributed by atoms with van der Waals surface area (Å²) in [5.74, 6) is -4.84. The highest BCUT2D eigenvalue weighted by atomic mass is 19.4. The second kappa shape index (κ2) is 18.1. The number of nitrogens with zero attached hydrogens (tertiary/aromatic N) is 7. The van der Waals surface area contributed by atoms with Crippen LogP contribution < -0.4 is 28.7 Å². The smallest absolute Gasteiger partial charge is 0.417 e. The van der Waals surface area contributed by atoms with E-state index in [1.165, 1.54) is 19.1 Å². The minimum Gasteiger partial charge on any atom is -0.497 e.